The fraction of sp³-hybridized carbons (Fsp3) is 0.417. The SMILES string of the molecule is COC(=O)c1cc(C)c(OC)c(OC)c1C(F)(F)F. The highest BCUT2D eigenvalue weighted by molar-refractivity contribution is 5.93. The highest BCUT2D eigenvalue weighted by Gasteiger charge is 2.41. The molecule has 0 fully saturated rings. The third kappa shape index (κ3) is 2.74. The summed E-state index contributed by atoms with van der Waals surface area (Å²) in [5.41, 5.74) is -1.47. The second-order valence-electron chi connectivity index (χ2n) is 3.67. The number of carbonyl (C=O) groups excluding carboxylic acids is 1. The van der Waals surface area contributed by atoms with E-state index < -0.39 is 29.0 Å². The van der Waals surface area contributed by atoms with Crippen molar-refractivity contribution < 1.29 is 32.2 Å². The van der Waals surface area contributed by atoms with Crippen LogP contribution >= 0.6 is 0 Å². The second-order valence-corrected chi connectivity index (χ2v) is 3.67. The maximum atomic E-state index is 13.1. The molecule has 0 atom stereocenters. The fourth-order valence-corrected chi connectivity index (χ4v) is 1.77. The first-order valence-corrected chi connectivity index (χ1v) is 5.19. The quantitative estimate of drug-likeness (QED) is 0.797. The number of ether oxygens (including phenoxy) is 3. The minimum absolute atomic E-state index is 0.0671. The van der Waals surface area contributed by atoms with Crippen molar-refractivity contribution in [3.05, 3.63) is 22.8 Å². The number of carbonyl (C=O) groups is 1. The summed E-state index contributed by atoms with van der Waals surface area (Å²) in [6.45, 7) is 1.51. The largest absolute Gasteiger partial charge is 0.493 e. The third-order valence-corrected chi connectivity index (χ3v) is 2.52. The van der Waals surface area contributed by atoms with Crippen LogP contribution in [0.4, 0.5) is 13.2 Å². The molecule has 1 aromatic rings. The van der Waals surface area contributed by atoms with Crippen LogP contribution in [0.25, 0.3) is 0 Å². The van der Waals surface area contributed by atoms with Gasteiger partial charge in [-0.05, 0) is 18.6 Å². The van der Waals surface area contributed by atoms with Gasteiger partial charge in [-0.3, -0.25) is 0 Å². The van der Waals surface area contributed by atoms with E-state index in [0.717, 1.165) is 20.3 Å². The lowest BCUT2D eigenvalue weighted by Crippen LogP contribution is -2.17. The monoisotopic (exact) mass is 278 g/mol. The Labute approximate surface area is 108 Å². The normalized spacial score (nSPS) is 11.1. The molecule has 0 saturated carbocycles. The predicted molar refractivity (Wildman–Crippen MR) is 60.6 cm³/mol. The van der Waals surface area contributed by atoms with Gasteiger partial charge in [-0.15, -0.1) is 0 Å². The Morgan fingerprint density at radius 1 is 1.11 bits per heavy atom. The zero-order valence-corrected chi connectivity index (χ0v) is 10.8. The Hall–Kier alpha value is -1.92. The van der Waals surface area contributed by atoms with Crippen molar-refractivity contribution in [2.45, 2.75) is 13.1 Å². The number of aryl methyl sites for hydroxylation is 1. The van der Waals surface area contributed by atoms with Gasteiger partial charge in [0.15, 0.2) is 11.5 Å². The number of methoxy groups -OCH3 is 3. The molecule has 19 heavy (non-hydrogen) atoms. The molecule has 7 heteroatoms. The maximum Gasteiger partial charge on any atom is 0.420 e. The summed E-state index contributed by atoms with van der Waals surface area (Å²) in [6, 6.07) is 1.07. The summed E-state index contributed by atoms with van der Waals surface area (Å²) in [4.78, 5) is 11.5. The van der Waals surface area contributed by atoms with Gasteiger partial charge in [0.25, 0.3) is 0 Å². The van der Waals surface area contributed by atoms with E-state index in [4.69, 9.17) is 9.47 Å². The first-order valence-electron chi connectivity index (χ1n) is 5.19. The maximum absolute atomic E-state index is 13.1. The number of hydrogen-bond acceptors (Lipinski definition) is 4. The van der Waals surface area contributed by atoms with Crippen molar-refractivity contribution >= 4 is 5.97 Å². The average molecular weight is 278 g/mol. The molecule has 0 aliphatic rings. The first kappa shape index (κ1) is 15.1. The number of alkyl halides is 3. The zero-order chi connectivity index (χ0) is 14.8. The smallest absolute Gasteiger partial charge is 0.420 e. The Morgan fingerprint density at radius 2 is 1.63 bits per heavy atom. The summed E-state index contributed by atoms with van der Waals surface area (Å²) in [6.07, 6.45) is -4.77. The van der Waals surface area contributed by atoms with Gasteiger partial charge in [0.2, 0.25) is 0 Å². The van der Waals surface area contributed by atoms with Crippen LogP contribution in [-0.2, 0) is 10.9 Å². The molecular weight excluding hydrogens is 265 g/mol. The molecule has 0 bridgehead atoms. The van der Waals surface area contributed by atoms with E-state index >= 15 is 0 Å². The summed E-state index contributed by atoms with van der Waals surface area (Å²) in [5.74, 6) is -1.69. The molecule has 1 rings (SSSR count). The lowest BCUT2D eigenvalue weighted by Gasteiger charge is -2.19. The molecule has 0 amide bonds. The summed E-state index contributed by atoms with van der Waals surface area (Å²) in [5, 5.41) is 0. The molecule has 0 N–H and O–H groups in total. The van der Waals surface area contributed by atoms with E-state index in [9.17, 15) is 18.0 Å². The molecule has 0 spiro atoms. The average Bonchev–Trinajstić information content (AvgIpc) is 2.34. The second kappa shape index (κ2) is 5.38. The van der Waals surface area contributed by atoms with E-state index in [2.05, 4.69) is 4.74 Å². The van der Waals surface area contributed by atoms with Crippen LogP contribution in [0.2, 0.25) is 0 Å². The van der Waals surface area contributed by atoms with E-state index in [1.807, 2.05) is 0 Å². The molecule has 0 radical (unpaired) electrons. The molecule has 0 aliphatic carbocycles. The summed E-state index contributed by atoms with van der Waals surface area (Å²) >= 11 is 0. The van der Waals surface area contributed by atoms with Gasteiger partial charge in [-0.1, -0.05) is 0 Å². The summed E-state index contributed by atoms with van der Waals surface area (Å²) < 4.78 is 53.3. The van der Waals surface area contributed by atoms with Crippen LogP contribution < -0.4 is 9.47 Å². The number of halogens is 3. The minimum atomic E-state index is -4.77. The van der Waals surface area contributed by atoms with Crippen molar-refractivity contribution in [3.63, 3.8) is 0 Å². The first-order chi connectivity index (χ1) is 8.77. The number of rotatable bonds is 3. The van der Waals surface area contributed by atoms with Crippen molar-refractivity contribution in [1.29, 1.82) is 0 Å². The van der Waals surface area contributed by atoms with Gasteiger partial charge in [0, 0.05) is 0 Å². The molecule has 1 aromatic carbocycles. The highest BCUT2D eigenvalue weighted by Crippen LogP contribution is 2.45. The van der Waals surface area contributed by atoms with Crippen LogP contribution in [0, 0.1) is 6.92 Å². The Morgan fingerprint density at radius 3 is 2.00 bits per heavy atom. The van der Waals surface area contributed by atoms with Gasteiger partial charge in [0.1, 0.15) is 5.56 Å². The van der Waals surface area contributed by atoms with Crippen LogP contribution in [-0.4, -0.2) is 27.3 Å². The molecular formula is C12H13F3O4. The number of benzene rings is 1. The zero-order valence-electron chi connectivity index (χ0n) is 10.8. The Balaban J connectivity index is 3.74. The van der Waals surface area contributed by atoms with Gasteiger partial charge in [-0.25, -0.2) is 4.79 Å². The van der Waals surface area contributed by atoms with E-state index in [0.29, 0.717) is 5.56 Å². The molecule has 0 heterocycles. The van der Waals surface area contributed by atoms with E-state index in [1.54, 1.807) is 0 Å². The molecule has 0 unspecified atom stereocenters. The Kier molecular flexibility index (Phi) is 4.28. The minimum Gasteiger partial charge on any atom is -0.493 e. The predicted octanol–water partition coefficient (Wildman–Crippen LogP) is 2.82. The van der Waals surface area contributed by atoms with Crippen LogP contribution in [0.15, 0.2) is 6.07 Å². The fourth-order valence-electron chi connectivity index (χ4n) is 1.77. The number of esters is 1. The molecule has 4 nitrogen and oxygen atoms in total. The molecule has 106 valence electrons. The van der Waals surface area contributed by atoms with Crippen molar-refractivity contribution in [1.82, 2.24) is 0 Å². The van der Waals surface area contributed by atoms with Crippen LogP contribution in [0.1, 0.15) is 21.5 Å². The van der Waals surface area contributed by atoms with Crippen molar-refractivity contribution in [2.24, 2.45) is 0 Å². The standard InChI is InChI=1S/C12H13F3O4/c1-6-5-7(11(16)19-4)8(12(13,14)15)10(18-3)9(6)17-2/h5H,1-4H3. The number of hydrogen-bond donors (Lipinski definition) is 0. The van der Waals surface area contributed by atoms with Gasteiger partial charge in [-0.2, -0.15) is 13.2 Å². The molecule has 0 aromatic heterocycles. The lowest BCUT2D eigenvalue weighted by atomic mass is 10.0. The van der Waals surface area contributed by atoms with Gasteiger partial charge >= 0.3 is 12.1 Å². The topological polar surface area (TPSA) is 44.8 Å². The molecule has 0 aliphatic heterocycles. The Bertz CT molecular complexity index is 495. The lowest BCUT2D eigenvalue weighted by molar-refractivity contribution is -0.139. The highest BCUT2D eigenvalue weighted by atomic mass is 19.4. The van der Waals surface area contributed by atoms with Crippen LogP contribution in [0.3, 0.4) is 0 Å². The third-order valence-electron chi connectivity index (χ3n) is 2.52. The van der Waals surface area contributed by atoms with Crippen molar-refractivity contribution in [3.8, 4) is 11.5 Å². The summed E-state index contributed by atoms with van der Waals surface area (Å²) in [7, 11) is 3.31. The molecule has 0 saturated heterocycles. The van der Waals surface area contributed by atoms with E-state index in [-0.39, 0.29) is 5.75 Å². The van der Waals surface area contributed by atoms with Crippen molar-refractivity contribution in [2.75, 3.05) is 21.3 Å². The van der Waals surface area contributed by atoms with Crippen LogP contribution in [0.5, 0.6) is 11.5 Å². The van der Waals surface area contributed by atoms with E-state index in [1.165, 1.54) is 14.0 Å². The van der Waals surface area contributed by atoms with Gasteiger partial charge < -0.3 is 14.2 Å². The van der Waals surface area contributed by atoms with Gasteiger partial charge in [0.05, 0.1) is 26.9 Å².